The minimum absolute atomic E-state index is 0.107. The van der Waals surface area contributed by atoms with Crippen molar-refractivity contribution < 1.29 is 4.79 Å². The van der Waals surface area contributed by atoms with Crippen LogP contribution in [0.15, 0.2) is 85.1 Å². The third kappa shape index (κ3) is 5.66. The molecule has 1 heterocycles. The first-order valence-electron chi connectivity index (χ1n) is 11.2. The summed E-state index contributed by atoms with van der Waals surface area (Å²) in [6, 6.07) is 26.1. The van der Waals surface area contributed by atoms with Crippen molar-refractivity contribution in [3.05, 3.63) is 113 Å². The zero-order valence-corrected chi connectivity index (χ0v) is 19.4. The van der Waals surface area contributed by atoms with E-state index >= 15 is 0 Å². The number of aryl methyl sites for hydroxylation is 3. The van der Waals surface area contributed by atoms with Gasteiger partial charge in [0, 0.05) is 41.8 Å². The van der Waals surface area contributed by atoms with Crippen LogP contribution in [0.4, 0.5) is 11.4 Å². The van der Waals surface area contributed by atoms with Crippen molar-refractivity contribution >= 4 is 17.3 Å². The van der Waals surface area contributed by atoms with E-state index in [0.717, 1.165) is 46.7 Å². The molecule has 0 unspecified atom stereocenters. The van der Waals surface area contributed by atoms with Crippen molar-refractivity contribution in [3.63, 3.8) is 0 Å². The minimum Gasteiger partial charge on any atom is -0.385 e. The lowest BCUT2D eigenvalue weighted by Crippen LogP contribution is -2.14. The fourth-order valence-corrected chi connectivity index (χ4v) is 3.73. The van der Waals surface area contributed by atoms with Crippen molar-refractivity contribution in [2.45, 2.75) is 27.2 Å². The highest BCUT2D eigenvalue weighted by Crippen LogP contribution is 2.28. The van der Waals surface area contributed by atoms with E-state index in [-0.39, 0.29) is 5.91 Å². The molecule has 0 bridgehead atoms. The molecule has 4 aromatic rings. The Labute approximate surface area is 195 Å². The summed E-state index contributed by atoms with van der Waals surface area (Å²) in [6.45, 7) is 6.98. The van der Waals surface area contributed by atoms with Gasteiger partial charge in [-0.05, 0) is 85.5 Å². The van der Waals surface area contributed by atoms with E-state index in [0.29, 0.717) is 5.56 Å². The van der Waals surface area contributed by atoms with Crippen molar-refractivity contribution in [1.82, 2.24) is 4.98 Å². The maximum Gasteiger partial charge on any atom is 0.256 e. The molecule has 4 heteroatoms. The van der Waals surface area contributed by atoms with E-state index < -0.39 is 0 Å². The van der Waals surface area contributed by atoms with Gasteiger partial charge in [-0.15, -0.1) is 0 Å². The molecular formula is C29H29N3O. The zero-order valence-electron chi connectivity index (χ0n) is 19.4. The van der Waals surface area contributed by atoms with Gasteiger partial charge in [0.25, 0.3) is 5.91 Å². The van der Waals surface area contributed by atoms with Gasteiger partial charge in [0.05, 0.1) is 0 Å². The Morgan fingerprint density at radius 1 is 0.818 bits per heavy atom. The summed E-state index contributed by atoms with van der Waals surface area (Å²) in [6.07, 6.45) is 2.67. The molecule has 4 rings (SSSR count). The predicted molar refractivity (Wildman–Crippen MR) is 137 cm³/mol. The summed E-state index contributed by atoms with van der Waals surface area (Å²) in [5.41, 5.74) is 8.98. The second kappa shape index (κ2) is 10.1. The molecule has 1 amide bonds. The largest absolute Gasteiger partial charge is 0.385 e. The topological polar surface area (TPSA) is 54.0 Å². The molecule has 0 saturated heterocycles. The summed E-state index contributed by atoms with van der Waals surface area (Å²) in [5, 5.41) is 6.46. The van der Waals surface area contributed by atoms with E-state index in [2.05, 4.69) is 59.8 Å². The molecule has 0 spiro atoms. The minimum atomic E-state index is -0.107. The van der Waals surface area contributed by atoms with Gasteiger partial charge >= 0.3 is 0 Å². The van der Waals surface area contributed by atoms with Crippen molar-refractivity contribution in [1.29, 1.82) is 0 Å². The van der Waals surface area contributed by atoms with E-state index in [4.69, 9.17) is 0 Å². The average molecular weight is 436 g/mol. The van der Waals surface area contributed by atoms with Crippen LogP contribution in [0.3, 0.4) is 0 Å². The van der Waals surface area contributed by atoms with Gasteiger partial charge in [-0.3, -0.25) is 9.78 Å². The Bertz CT molecular complexity index is 1230. The van der Waals surface area contributed by atoms with Crippen LogP contribution in [-0.2, 0) is 6.42 Å². The Hall–Kier alpha value is -3.92. The van der Waals surface area contributed by atoms with Crippen LogP contribution >= 0.6 is 0 Å². The number of carbonyl (C=O) groups excluding carboxylic acids is 1. The summed E-state index contributed by atoms with van der Waals surface area (Å²) >= 11 is 0. The molecule has 4 nitrogen and oxygen atoms in total. The van der Waals surface area contributed by atoms with Crippen LogP contribution in [0, 0.1) is 20.8 Å². The second-order valence-electron chi connectivity index (χ2n) is 8.38. The molecule has 166 valence electrons. The van der Waals surface area contributed by atoms with E-state index in [1.165, 1.54) is 11.1 Å². The highest BCUT2D eigenvalue weighted by molar-refractivity contribution is 6.09. The molecule has 0 aliphatic heterocycles. The molecule has 0 aliphatic carbocycles. The van der Waals surface area contributed by atoms with E-state index in [1.54, 1.807) is 0 Å². The Balaban J connectivity index is 1.45. The van der Waals surface area contributed by atoms with Gasteiger partial charge < -0.3 is 10.6 Å². The van der Waals surface area contributed by atoms with Gasteiger partial charge in [-0.1, -0.05) is 42.0 Å². The van der Waals surface area contributed by atoms with E-state index in [9.17, 15) is 4.79 Å². The smallest absolute Gasteiger partial charge is 0.256 e. The maximum absolute atomic E-state index is 13.2. The molecule has 0 saturated carbocycles. The quantitative estimate of drug-likeness (QED) is 0.345. The van der Waals surface area contributed by atoms with Crippen LogP contribution in [0.25, 0.3) is 11.1 Å². The number of benzene rings is 3. The highest BCUT2D eigenvalue weighted by Gasteiger charge is 2.15. The predicted octanol–water partition coefficient (Wildman–Crippen LogP) is 6.58. The second-order valence-corrected chi connectivity index (χ2v) is 8.38. The lowest BCUT2D eigenvalue weighted by Gasteiger charge is -2.14. The number of nitrogens with one attached hydrogen (secondary N) is 2. The fourth-order valence-electron chi connectivity index (χ4n) is 3.73. The molecular weight excluding hydrogens is 406 g/mol. The third-order valence-corrected chi connectivity index (χ3v) is 5.82. The summed E-state index contributed by atoms with van der Waals surface area (Å²) in [7, 11) is 0. The molecule has 0 atom stereocenters. The van der Waals surface area contributed by atoms with Crippen molar-refractivity contribution in [2.24, 2.45) is 0 Å². The van der Waals surface area contributed by atoms with Gasteiger partial charge in [0.1, 0.15) is 0 Å². The molecule has 1 aromatic heterocycles. The van der Waals surface area contributed by atoms with Crippen molar-refractivity contribution in [2.75, 3.05) is 17.2 Å². The number of pyridine rings is 1. The molecule has 0 fully saturated rings. The number of nitrogens with zero attached hydrogens (tertiary/aromatic N) is 1. The van der Waals surface area contributed by atoms with Crippen LogP contribution in [0.2, 0.25) is 0 Å². The standard InChI is InChI=1S/C29H29N3O/c1-20-7-9-23(10-8-20)27-18-21(2)22(3)19-28(27)29(33)32-26-13-11-25(12-14-26)31-17-15-24-6-4-5-16-30-24/h4-14,16,18-19,31H,15,17H2,1-3H3,(H,32,33). The third-order valence-electron chi connectivity index (χ3n) is 5.82. The fraction of sp³-hybridized carbons (Fsp3) is 0.172. The van der Waals surface area contributed by atoms with E-state index in [1.807, 2.05) is 61.7 Å². The van der Waals surface area contributed by atoms with Gasteiger partial charge in [0.2, 0.25) is 0 Å². The lowest BCUT2D eigenvalue weighted by atomic mass is 9.93. The SMILES string of the molecule is Cc1ccc(-c2cc(C)c(C)cc2C(=O)Nc2ccc(NCCc3ccccn3)cc2)cc1. The first kappa shape index (κ1) is 22.3. The Kier molecular flexibility index (Phi) is 6.84. The molecule has 2 N–H and O–H groups in total. The number of aromatic nitrogens is 1. The van der Waals surface area contributed by atoms with Crippen LogP contribution < -0.4 is 10.6 Å². The monoisotopic (exact) mass is 435 g/mol. The first-order valence-corrected chi connectivity index (χ1v) is 11.2. The number of rotatable bonds is 7. The van der Waals surface area contributed by atoms with Crippen LogP contribution in [0.5, 0.6) is 0 Å². The number of amides is 1. The Morgan fingerprint density at radius 2 is 1.52 bits per heavy atom. The summed E-state index contributed by atoms with van der Waals surface area (Å²) < 4.78 is 0. The normalized spacial score (nSPS) is 10.6. The molecule has 33 heavy (non-hydrogen) atoms. The van der Waals surface area contributed by atoms with Crippen LogP contribution in [-0.4, -0.2) is 17.4 Å². The lowest BCUT2D eigenvalue weighted by molar-refractivity contribution is 0.102. The van der Waals surface area contributed by atoms with Gasteiger partial charge in [0.15, 0.2) is 0 Å². The number of anilines is 2. The number of carbonyl (C=O) groups is 1. The molecule has 0 radical (unpaired) electrons. The summed E-state index contributed by atoms with van der Waals surface area (Å²) in [4.78, 5) is 17.6. The average Bonchev–Trinajstić information content (AvgIpc) is 2.83. The number of hydrogen-bond acceptors (Lipinski definition) is 3. The highest BCUT2D eigenvalue weighted by atomic mass is 16.1. The molecule has 3 aromatic carbocycles. The van der Waals surface area contributed by atoms with Gasteiger partial charge in [-0.2, -0.15) is 0 Å². The Morgan fingerprint density at radius 3 is 2.21 bits per heavy atom. The zero-order chi connectivity index (χ0) is 23.2. The first-order chi connectivity index (χ1) is 16.0. The van der Waals surface area contributed by atoms with Crippen molar-refractivity contribution in [3.8, 4) is 11.1 Å². The maximum atomic E-state index is 13.2. The van der Waals surface area contributed by atoms with Crippen LogP contribution in [0.1, 0.15) is 32.7 Å². The summed E-state index contributed by atoms with van der Waals surface area (Å²) in [5.74, 6) is -0.107. The van der Waals surface area contributed by atoms with Gasteiger partial charge in [-0.25, -0.2) is 0 Å². The molecule has 0 aliphatic rings. The number of hydrogen-bond donors (Lipinski definition) is 2.